The van der Waals surface area contributed by atoms with Gasteiger partial charge in [0.2, 0.25) is 5.91 Å². The van der Waals surface area contributed by atoms with E-state index >= 15 is 0 Å². The molecule has 0 saturated heterocycles. The zero-order chi connectivity index (χ0) is 9.97. The smallest absolute Gasteiger partial charge is 0.234 e. The van der Waals surface area contributed by atoms with Gasteiger partial charge in [0.05, 0.1) is 0 Å². The van der Waals surface area contributed by atoms with Crippen LogP contribution in [-0.2, 0) is 4.79 Å². The Bertz CT molecular complexity index is 252. The Balaban J connectivity index is 1.82. The molecule has 3 atom stereocenters. The van der Waals surface area contributed by atoms with Crippen LogP contribution in [0.5, 0.6) is 0 Å². The van der Waals surface area contributed by atoms with Gasteiger partial charge in [0, 0.05) is 6.54 Å². The molecule has 3 rings (SSSR count). The fourth-order valence-corrected chi connectivity index (χ4v) is 2.67. The summed E-state index contributed by atoms with van der Waals surface area (Å²) in [4.78, 5) is 11.0. The zero-order valence-electron chi connectivity index (χ0n) is 8.21. The number of hydrogen-bond acceptors (Lipinski definition) is 1. The van der Waals surface area contributed by atoms with Crippen LogP contribution < -0.4 is 5.32 Å². The average molecular weight is 214 g/mol. The molecule has 3 aliphatic rings. The topological polar surface area (TPSA) is 29.1 Å². The number of hydrogen-bond donors (Lipinski definition) is 1. The van der Waals surface area contributed by atoms with Crippen LogP contribution in [0.3, 0.4) is 0 Å². The van der Waals surface area contributed by atoms with Gasteiger partial charge >= 0.3 is 0 Å². The minimum Gasteiger partial charge on any atom is -0.355 e. The molecule has 1 fully saturated rings. The van der Waals surface area contributed by atoms with Gasteiger partial charge in [0.25, 0.3) is 0 Å². The van der Waals surface area contributed by atoms with E-state index in [1.807, 2.05) is 0 Å². The summed E-state index contributed by atoms with van der Waals surface area (Å²) in [7, 11) is 0. The van der Waals surface area contributed by atoms with Crippen LogP contribution in [0.4, 0.5) is 0 Å². The number of fused-ring (bicyclic) bond motifs is 2. The monoisotopic (exact) mass is 213 g/mol. The Morgan fingerprint density at radius 1 is 1.43 bits per heavy atom. The minimum absolute atomic E-state index is 0.0444. The van der Waals surface area contributed by atoms with Crippen molar-refractivity contribution in [3.63, 3.8) is 0 Å². The van der Waals surface area contributed by atoms with Crippen molar-refractivity contribution in [3.8, 4) is 0 Å². The highest BCUT2D eigenvalue weighted by molar-refractivity contribution is 6.27. The standard InChI is InChI=1S/C11H16ClNO/c12-6-11(14)13-7-10-5-8-1-3-9(10)4-2-8/h1,3,8-10H,2,4-7H2,(H,13,14). The second-order valence-electron chi connectivity index (χ2n) is 4.32. The number of alkyl halides is 1. The molecule has 1 amide bonds. The molecular formula is C11H16ClNO. The van der Waals surface area contributed by atoms with Gasteiger partial charge in [-0.3, -0.25) is 4.79 Å². The molecule has 0 spiro atoms. The lowest BCUT2D eigenvalue weighted by Gasteiger charge is -2.38. The van der Waals surface area contributed by atoms with E-state index < -0.39 is 0 Å². The Kier molecular flexibility index (Phi) is 3.12. The van der Waals surface area contributed by atoms with E-state index in [9.17, 15) is 4.79 Å². The first-order valence-corrected chi connectivity index (χ1v) is 5.84. The first-order valence-electron chi connectivity index (χ1n) is 5.30. The van der Waals surface area contributed by atoms with Gasteiger partial charge in [-0.2, -0.15) is 0 Å². The normalized spacial score (nSPS) is 34.5. The molecule has 3 unspecified atom stereocenters. The van der Waals surface area contributed by atoms with Gasteiger partial charge in [-0.1, -0.05) is 12.2 Å². The third kappa shape index (κ3) is 2.11. The highest BCUT2D eigenvalue weighted by Gasteiger charge is 2.31. The number of rotatable bonds is 3. The van der Waals surface area contributed by atoms with Gasteiger partial charge in [0.15, 0.2) is 0 Å². The van der Waals surface area contributed by atoms with E-state index in [0.29, 0.717) is 11.8 Å². The lowest BCUT2D eigenvalue weighted by molar-refractivity contribution is -0.119. The molecule has 0 aromatic carbocycles. The summed E-state index contributed by atoms with van der Waals surface area (Å²) in [5.41, 5.74) is 0. The van der Waals surface area contributed by atoms with E-state index in [-0.39, 0.29) is 11.8 Å². The maximum absolute atomic E-state index is 11.0. The Hall–Kier alpha value is -0.500. The summed E-state index contributed by atoms with van der Waals surface area (Å²) in [6, 6.07) is 0. The SMILES string of the molecule is O=C(CCl)NCC1CC2C=CC1CC2. The third-order valence-electron chi connectivity index (χ3n) is 3.40. The van der Waals surface area contributed by atoms with Crippen molar-refractivity contribution in [1.29, 1.82) is 0 Å². The van der Waals surface area contributed by atoms with Crippen molar-refractivity contribution in [2.45, 2.75) is 19.3 Å². The molecule has 1 saturated carbocycles. The molecule has 0 aliphatic heterocycles. The predicted octanol–water partition coefficient (Wildman–Crippen LogP) is 1.94. The van der Waals surface area contributed by atoms with Crippen LogP contribution in [0.15, 0.2) is 12.2 Å². The van der Waals surface area contributed by atoms with Crippen LogP contribution in [0.2, 0.25) is 0 Å². The zero-order valence-corrected chi connectivity index (χ0v) is 8.96. The van der Waals surface area contributed by atoms with Gasteiger partial charge in [-0.25, -0.2) is 0 Å². The highest BCUT2D eigenvalue weighted by Crippen LogP contribution is 2.39. The number of nitrogens with one attached hydrogen (secondary N) is 1. The molecule has 1 N–H and O–H groups in total. The molecule has 14 heavy (non-hydrogen) atoms. The first-order chi connectivity index (χ1) is 6.79. The number of carbonyl (C=O) groups is 1. The maximum atomic E-state index is 11.0. The summed E-state index contributed by atoms with van der Waals surface area (Å²) >= 11 is 5.42. The summed E-state index contributed by atoms with van der Waals surface area (Å²) in [5.74, 6) is 2.13. The van der Waals surface area contributed by atoms with Gasteiger partial charge in [-0.15, -0.1) is 11.6 Å². The first kappa shape index (κ1) is 10.0. The van der Waals surface area contributed by atoms with Gasteiger partial charge < -0.3 is 5.32 Å². The van der Waals surface area contributed by atoms with Crippen molar-refractivity contribution >= 4 is 17.5 Å². The average Bonchev–Trinajstić information content (AvgIpc) is 2.27. The molecule has 0 radical (unpaired) electrons. The quantitative estimate of drug-likeness (QED) is 0.564. The summed E-state index contributed by atoms with van der Waals surface area (Å²) in [6.45, 7) is 0.803. The molecule has 0 aromatic heterocycles. The summed E-state index contributed by atoms with van der Waals surface area (Å²) < 4.78 is 0. The molecule has 3 heteroatoms. The summed E-state index contributed by atoms with van der Waals surface area (Å²) in [5, 5.41) is 2.88. The highest BCUT2D eigenvalue weighted by atomic mass is 35.5. The fraction of sp³-hybridized carbons (Fsp3) is 0.727. The number of amides is 1. The molecule has 3 aliphatic carbocycles. The third-order valence-corrected chi connectivity index (χ3v) is 3.64. The van der Waals surface area contributed by atoms with Crippen molar-refractivity contribution in [2.24, 2.45) is 17.8 Å². The second kappa shape index (κ2) is 4.35. The molecule has 78 valence electrons. The van der Waals surface area contributed by atoms with E-state index in [1.54, 1.807) is 0 Å². The molecule has 2 bridgehead atoms. The van der Waals surface area contributed by atoms with E-state index in [4.69, 9.17) is 11.6 Å². The van der Waals surface area contributed by atoms with Crippen LogP contribution in [0, 0.1) is 17.8 Å². The molecule has 2 nitrogen and oxygen atoms in total. The lowest BCUT2D eigenvalue weighted by Crippen LogP contribution is -2.37. The predicted molar refractivity (Wildman–Crippen MR) is 57.2 cm³/mol. The van der Waals surface area contributed by atoms with Gasteiger partial charge in [-0.05, 0) is 37.0 Å². The maximum Gasteiger partial charge on any atom is 0.234 e. The fourth-order valence-electron chi connectivity index (χ4n) is 2.58. The largest absolute Gasteiger partial charge is 0.355 e. The Labute approximate surface area is 89.7 Å². The van der Waals surface area contributed by atoms with E-state index in [1.165, 1.54) is 19.3 Å². The van der Waals surface area contributed by atoms with Crippen LogP contribution in [-0.4, -0.2) is 18.3 Å². The Morgan fingerprint density at radius 3 is 2.79 bits per heavy atom. The van der Waals surface area contributed by atoms with Crippen LogP contribution >= 0.6 is 11.6 Å². The van der Waals surface area contributed by atoms with E-state index in [2.05, 4.69) is 17.5 Å². The second-order valence-corrected chi connectivity index (χ2v) is 4.59. The number of allylic oxidation sites excluding steroid dienone is 2. The number of carbonyl (C=O) groups excluding carboxylic acids is 1. The van der Waals surface area contributed by atoms with Crippen molar-refractivity contribution in [3.05, 3.63) is 12.2 Å². The molecule has 0 aromatic rings. The lowest BCUT2D eigenvalue weighted by atomic mass is 9.69. The van der Waals surface area contributed by atoms with Crippen LogP contribution in [0.1, 0.15) is 19.3 Å². The Morgan fingerprint density at radius 2 is 2.29 bits per heavy atom. The minimum atomic E-state index is -0.0444. The van der Waals surface area contributed by atoms with Gasteiger partial charge in [0.1, 0.15) is 5.88 Å². The van der Waals surface area contributed by atoms with Crippen molar-refractivity contribution in [2.75, 3.05) is 12.4 Å². The summed E-state index contributed by atoms with van der Waals surface area (Å²) in [6.07, 6.45) is 8.54. The molecule has 0 heterocycles. The van der Waals surface area contributed by atoms with Crippen molar-refractivity contribution < 1.29 is 4.79 Å². The molecular weight excluding hydrogens is 198 g/mol. The number of halogens is 1. The van der Waals surface area contributed by atoms with Crippen LogP contribution in [0.25, 0.3) is 0 Å². The van der Waals surface area contributed by atoms with E-state index in [0.717, 1.165) is 12.5 Å². The van der Waals surface area contributed by atoms with Crippen molar-refractivity contribution in [1.82, 2.24) is 5.32 Å².